The molecule has 1 atom stereocenters. The summed E-state index contributed by atoms with van der Waals surface area (Å²) in [6.45, 7) is 7.23. The van der Waals surface area contributed by atoms with E-state index in [1.807, 2.05) is 0 Å². The average molecular weight is 306 g/mol. The fourth-order valence-electron chi connectivity index (χ4n) is 2.64. The van der Waals surface area contributed by atoms with Gasteiger partial charge in [0.2, 0.25) is 5.91 Å². The van der Waals surface area contributed by atoms with E-state index < -0.39 is 0 Å². The summed E-state index contributed by atoms with van der Waals surface area (Å²) < 4.78 is 0. The number of rotatable bonds is 6. The molecule has 1 saturated heterocycles. The number of amides is 1. The Morgan fingerprint density at radius 3 is 3.05 bits per heavy atom. The molecule has 0 spiro atoms. The van der Waals surface area contributed by atoms with Gasteiger partial charge in [-0.2, -0.15) is 0 Å². The third kappa shape index (κ3) is 5.71. The van der Waals surface area contributed by atoms with E-state index in [0.717, 1.165) is 32.0 Å². The van der Waals surface area contributed by atoms with Crippen LogP contribution in [0.5, 0.6) is 0 Å². The minimum absolute atomic E-state index is 0.143. The molecule has 0 aromatic heterocycles. The van der Waals surface area contributed by atoms with E-state index in [-0.39, 0.29) is 5.91 Å². The molecule has 0 bridgehead atoms. The Kier molecular flexibility index (Phi) is 6.58. The maximum absolute atomic E-state index is 11.9. The topological polar surface area (TPSA) is 41.1 Å². The fourth-order valence-corrected chi connectivity index (χ4v) is 3.60. The molecule has 1 heterocycles. The molecule has 0 aliphatic carbocycles. The molecule has 1 fully saturated rings. The van der Waals surface area contributed by atoms with E-state index in [4.69, 9.17) is 0 Å². The van der Waals surface area contributed by atoms with Crippen LogP contribution in [0, 0.1) is 19.8 Å². The highest BCUT2D eigenvalue weighted by Gasteiger charge is 2.13. The standard InChI is InChI=1S/C17H26N2OS/c1-13-5-6-14(2)16(10-13)21-12-17(20)19-9-7-15-4-3-8-18-11-15/h5-6,10,15,18H,3-4,7-9,11-12H2,1-2H3,(H,19,20). The monoisotopic (exact) mass is 306 g/mol. The molecule has 1 aromatic rings. The Bertz CT molecular complexity index is 470. The first-order chi connectivity index (χ1) is 10.1. The van der Waals surface area contributed by atoms with Crippen LogP contribution >= 0.6 is 11.8 Å². The summed E-state index contributed by atoms with van der Waals surface area (Å²) in [6, 6.07) is 6.38. The largest absolute Gasteiger partial charge is 0.355 e. The first kappa shape index (κ1) is 16.4. The first-order valence-electron chi connectivity index (χ1n) is 7.82. The van der Waals surface area contributed by atoms with Crippen molar-refractivity contribution in [3.63, 3.8) is 0 Å². The van der Waals surface area contributed by atoms with Gasteiger partial charge in [0, 0.05) is 11.4 Å². The normalized spacial score (nSPS) is 18.5. The van der Waals surface area contributed by atoms with Gasteiger partial charge in [0.05, 0.1) is 5.75 Å². The van der Waals surface area contributed by atoms with Gasteiger partial charge in [-0.25, -0.2) is 0 Å². The number of aryl methyl sites for hydroxylation is 2. The summed E-state index contributed by atoms with van der Waals surface area (Å²) in [5.74, 6) is 1.38. The Labute approximate surface area is 132 Å². The van der Waals surface area contributed by atoms with Crippen molar-refractivity contribution >= 4 is 17.7 Å². The molecule has 2 rings (SSSR count). The third-order valence-corrected chi connectivity index (χ3v) is 5.13. The van der Waals surface area contributed by atoms with Gasteiger partial charge >= 0.3 is 0 Å². The second kappa shape index (κ2) is 8.44. The van der Waals surface area contributed by atoms with Gasteiger partial charge in [-0.15, -0.1) is 11.8 Å². The number of piperidine rings is 1. The summed E-state index contributed by atoms with van der Waals surface area (Å²) in [4.78, 5) is 13.1. The number of carbonyl (C=O) groups is 1. The van der Waals surface area contributed by atoms with Crippen LogP contribution in [-0.4, -0.2) is 31.3 Å². The van der Waals surface area contributed by atoms with Crippen molar-refractivity contribution in [2.45, 2.75) is 38.0 Å². The zero-order valence-electron chi connectivity index (χ0n) is 13.1. The number of carbonyl (C=O) groups excluding carboxylic acids is 1. The average Bonchev–Trinajstić information content (AvgIpc) is 2.49. The van der Waals surface area contributed by atoms with Crippen molar-refractivity contribution in [3.05, 3.63) is 29.3 Å². The molecule has 116 valence electrons. The van der Waals surface area contributed by atoms with E-state index in [2.05, 4.69) is 42.7 Å². The first-order valence-corrected chi connectivity index (χ1v) is 8.81. The fraction of sp³-hybridized carbons (Fsp3) is 0.588. The van der Waals surface area contributed by atoms with Crippen LogP contribution in [0.4, 0.5) is 0 Å². The van der Waals surface area contributed by atoms with E-state index in [1.165, 1.54) is 28.9 Å². The maximum atomic E-state index is 11.9. The third-order valence-electron chi connectivity index (χ3n) is 3.98. The van der Waals surface area contributed by atoms with Crippen LogP contribution in [0.1, 0.15) is 30.4 Å². The van der Waals surface area contributed by atoms with Gasteiger partial charge < -0.3 is 10.6 Å². The predicted molar refractivity (Wildman–Crippen MR) is 89.9 cm³/mol. The van der Waals surface area contributed by atoms with Crippen LogP contribution < -0.4 is 10.6 Å². The number of hydrogen-bond donors (Lipinski definition) is 2. The van der Waals surface area contributed by atoms with Crippen LogP contribution in [0.25, 0.3) is 0 Å². The lowest BCUT2D eigenvalue weighted by molar-refractivity contribution is -0.118. The Morgan fingerprint density at radius 1 is 1.43 bits per heavy atom. The number of benzene rings is 1. The summed E-state index contributed by atoms with van der Waals surface area (Å²) in [5.41, 5.74) is 2.49. The molecule has 4 heteroatoms. The highest BCUT2D eigenvalue weighted by atomic mass is 32.2. The summed E-state index contributed by atoms with van der Waals surface area (Å²) in [5, 5.41) is 6.46. The molecule has 2 N–H and O–H groups in total. The predicted octanol–water partition coefficient (Wildman–Crippen LogP) is 2.90. The second-order valence-corrected chi connectivity index (χ2v) is 6.93. The van der Waals surface area contributed by atoms with Crippen molar-refractivity contribution in [2.75, 3.05) is 25.4 Å². The quantitative estimate of drug-likeness (QED) is 0.794. The molecule has 1 unspecified atom stereocenters. The highest BCUT2D eigenvalue weighted by Crippen LogP contribution is 2.23. The zero-order valence-corrected chi connectivity index (χ0v) is 13.9. The molecule has 0 radical (unpaired) electrons. The molecule has 3 nitrogen and oxygen atoms in total. The van der Waals surface area contributed by atoms with Crippen LogP contribution in [0.15, 0.2) is 23.1 Å². The van der Waals surface area contributed by atoms with Gasteiger partial charge in [0.1, 0.15) is 0 Å². The number of nitrogens with one attached hydrogen (secondary N) is 2. The van der Waals surface area contributed by atoms with Crippen molar-refractivity contribution in [1.82, 2.24) is 10.6 Å². The maximum Gasteiger partial charge on any atom is 0.230 e. The second-order valence-electron chi connectivity index (χ2n) is 5.91. The Hall–Kier alpha value is -1.00. The van der Waals surface area contributed by atoms with Crippen molar-refractivity contribution < 1.29 is 4.79 Å². The molecule has 1 amide bonds. The van der Waals surface area contributed by atoms with Crippen molar-refractivity contribution in [1.29, 1.82) is 0 Å². The molecular weight excluding hydrogens is 280 g/mol. The molecule has 1 aliphatic heterocycles. The zero-order chi connectivity index (χ0) is 15.1. The SMILES string of the molecule is Cc1ccc(C)c(SCC(=O)NCCC2CCCNC2)c1. The van der Waals surface area contributed by atoms with E-state index >= 15 is 0 Å². The minimum Gasteiger partial charge on any atom is -0.355 e. The molecule has 1 aliphatic rings. The Morgan fingerprint density at radius 2 is 2.29 bits per heavy atom. The van der Waals surface area contributed by atoms with Gasteiger partial charge in [0.15, 0.2) is 0 Å². The highest BCUT2D eigenvalue weighted by molar-refractivity contribution is 8.00. The molecular formula is C17H26N2OS. The summed E-state index contributed by atoms with van der Waals surface area (Å²) in [7, 11) is 0. The summed E-state index contributed by atoms with van der Waals surface area (Å²) >= 11 is 1.63. The van der Waals surface area contributed by atoms with E-state index in [1.54, 1.807) is 11.8 Å². The number of thioether (sulfide) groups is 1. The number of hydrogen-bond acceptors (Lipinski definition) is 3. The van der Waals surface area contributed by atoms with Gasteiger partial charge in [0.25, 0.3) is 0 Å². The van der Waals surface area contributed by atoms with Gasteiger partial charge in [-0.05, 0) is 63.7 Å². The lowest BCUT2D eigenvalue weighted by Gasteiger charge is -2.22. The van der Waals surface area contributed by atoms with Crippen molar-refractivity contribution in [3.8, 4) is 0 Å². The van der Waals surface area contributed by atoms with Crippen LogP contribution in [0.2, 0.25) is 0 Å². The lowest BCUT2D eigenvalue weighted by atomic mass is 9.96. The molecule has 21 heavy (non-hydrogen) atoms. The molecule has 0 saturated carbocycles. The van der Waals surface area contributed by atoms with E-state index in [0.29, 0.717) is 5.75 Å². The molecule has 1 aromatic carbocycles. The van der Waals surface area contributed by atoms with Crippen LogP contribution in [-0.2, 0) is 4.79 Å². The minimum atomic E-state index is 0.143. The lowest BCUT2D eigenvalue weighted by Crippen LogP contribution is -2.33. The summed E-state index contributed by atoms with van der Waals surface area (Å²) in [6.07, 6.45) is 3.65. The van der Waals surface area contributed by atoms with Crippen LogP contribution in [0.3, 0.4) is 0 Å². The van der Waals surface area contributed by atoms with Gasteiger partial charge in [-0.3, -0.25) is 4.79 Å². The van der Waals surface area contributed by atoms with E-state index in [9.17, 15) is 4.79 Å². The van der Waals surface area contributed by atoms with Gasteiger partial charge in [-0.1, -0.05) is 17.7 Å². The Balaban J connectivity index is 1.66. The van der Waals surface area contributed by atoms with Crippen molar-refractivity contribution in [2.24, 2.45) is 5.92 Å². The smallest absolute Gasteiger partial charge is 0.230 e.